The van der Waals surface area contributed by atoms with Crippen LogP contribution in [0.4, 0.5) is 0 Å². The van der Waals surface area contributed by atoms with Crippen LogP contribution in [0.3, 0.4) is 0 Å². The van der Waals surface area contributed by atoms with E-state index in [4.69, 9.17) is 5.41 Å². The predicted molar refractivity (Wildman–Crippen MR) is 74.8 cm³/mol. The molecular formula is C13H21N5O. The van der Waals surface area contributed by atoms with Gasteiger partial charge in [-0.2, -0.15) is 0 Å². The Morgan fingerprint density at radius 1 is 1.47 bits per heavy atom. The first-order valence-electron chi connectivity index (χ1n) is 6.59. The number of guanidine groups is 1. The van der Waals surface area contributed by atoms with Gasteiger partial charge in [-0.05, 0) is 32.8 Å². The van der Waals surface area contributed by atoms with Crippen LogP contribution >= 0.6 is 0 Å². The molecule has 6 nitrogen and oxygen atoms in total. The second kappa shape index (κ2) is 4.36. The second-order valence-corrected chi connectivity index (χ2v) is 5.45. The lowest BCUT2D eigenvalue weighted by atomic mass is 9.89. The number of carbonyl (C=O) groups excluding carboxylic acids is 1. The molecule has 0 radical (unpaired) electrons. The van der Waals surface area contributed by atoms with Crippen molar-refractivity contribution in [2.75, 3.05) is 0 Å². The Morgan fingerprint density at radius 2 is 2.11 bits per heavy atom. The summed E-state index contributed by atoms with van der Waals surface area (Å²) < 4.78 is 0. The summed E-state index contributed by atoms with van der Waals surface area (Å²) in [6.07, 6.45) is 5.40. The van der Waals surface area contributed by atoms with Gasteiger partial charge >= 0.3 is 0 Å². The zero-order chi connectivity index (χ0) is 14.3. The van der Waals surface area contributed by atoms with Gasteiger partial charge < -0.3 is 10.2 Å². The van der Waals surface area contributed by atoms with Crippen LogP contribution in [-0.4, -0.2) is 34.3 Å². The number of hydrogen-bond acceptors (Lipinski definition) is 4. The SMILES string of the molecule is CCC(C)(CC)N1C=NC2=CC1(C)NC(=N)NC2=O. The molecule has 2 heterocycles. The van der Waals surface area contributed by atoms with E-state index in [2.05, 4.69) is 41.3 Å². The molecule has 6 heteroatoms. The molecule has 0 fully saturated rings. The highest BCUT2D eigenvalue weighted by Crippen LogP contribution is 2.32. The van der Waals surface area contributed by atoms with Crippen LogP contribution in [0.5, 0.6) is 0 Å². The molecule has 1 amide bonds. The normalized spacial score (nSPS) is 26.5. The van der Waals surface area contributed by atoms with Gasteiger partial charge in [-0.3, -0.25) is 15.5 Å². The van der Waals surface area contributed by atoms with E-state index in [1.54, 1.807) is 12.4 Å². The molecule has 0 aromatic carbocycles. The minimum absolute atomic E-state index is 0.00352. The zero-order valence-corrected chi connectivity index (χ0v) is 11.9. The van der Waals surface area contributed by atoms with E-state index in [1.165, 1.54) is 0 Å². The maximum Gasteiger partial charge on any atom is 0.276 e. The Morgan fingerprint density at radius 3 is 2.68 bits per heavy atom. The number of carbonyl (C=O) groups is 1. The summed E-state index contributed by atoms with van der Waals surface area (Å²) in [5.41, 5.74) is -0.349. The summed E-state index contributed by atoms with van der Waals surface area (Å²) >= 11 is 0. The van der Waals surface area contributed by atoms with Gasteiger partial charge in [-0.1, -0.05) is 13.8 Å². The summed E-state index contributed by atoms with van der Waals surface area (Å²) in [4.78, 5) is 18.1. The van der Waals surface area contributed by atoms with Gasteiger partial charge in [-0.15, -0.1) is 0 Å². The van der Waals surface area contributed by atoms with Crippen LogP contribution in [-0.2, 0) is 4.79 Å². The minimum atomic E-state index is -0.617. The standard InChI is InChI=1S/C13H21N5O/c1-5-12(3,6-2)18-8-15-9-7-13(18,4)17-11(14)16-10(9)19/h7-8H,5-6H2,1-4H3,(H3,14,16,17,19). The van der Waals surface area contributed by atoms with Gasteiger partial charge in [0.05, 0.1) is 6.34 Å². The molecule has 2 aliphatic rings. The van der Waals surface area contributed by atoms with E-state index in [9.17, 15) is 4.79 Å². The molecule has 2 rings (SSSR count). The monoisotopic (exact) mass is 263 g/mol. The molecule has 1 unspecified atom stereocenters. The fourth-order valence-corrected chi connectivity index (χ4v) is 2.59. The summed E-state index contributed by atoms with van der Waals surface area (Å²) in [5.74, 6) is -0.337. The van der Waals surface area contributed by atoms with Crippen LogP contribution < -0.4 is 10.6 Å². The van der Waals surface area contributed by atoms with Gasteiger partial charge in [0.1, 0.15) is 11.4 Å². The van der Waals surface area contributed by atoms with Gasteiger partial charge in [0.15, 0.2) is 5.96 Å². The molecule has 0 aromatic rings. The van der Waals surface area contributed by atoms with Crippen LogP contribution in [0.15, 0.2) is 16.8 Å². The Bertz CT molecular complexity index is 477. The smallest absolute Gasteiger partial charge is 0.276 e. The zero-order valence-electron chi connectivity index (χ0n) is 11.9. The van der Waals surface area contributed by atoms with E-state index >= 15 is 0 Å². The van der Waals surface area contributed by atoms with E-state index in [-0.39, 0.29) is 17.4 Å². The van der Waals surface area contributed by atoms with Gasteiger partial charge in [-0.25, -0.2) is 4.99 Å². The average Bonchev–Trinajstić information content (AvgIpc) is 2.44. The lowest BCUT2D eigenvalue weighted by Gasteiger charge is -2.50. The Labute approximate surface area is 113 Å². The highest BCUT2D eigenvalue weighted by Gasteiger charge is 2.43. The van der Waals surface area contributed by atoms with Crippen molar-refractivity contribution >= 4 is 18.2 Å². The molecule has 0 spiro atoms. The molecule has 2 aliphatic heterocycles. The van der Waals surface area contributed by atoms with Crippen molar-refractivity contribution < 1.29 is 4.79 Å². The maximum absolute atomic E-state index is 11.8. The maximum atomic E-state index is 11.8. The van der Waals surface area contributed by atoms with Crippen molar-refractivity contribution in [2.24, 2.45) is 4.99 Å². The van der Waals surface area contributed by atoms with Crippen molar-refractivity contribution in [3.8, 4) is 0 Å². The molecule has 0 aromatic heterocycles. The molecule has 3 N–H and O–H groups in total. The first-order valence-corrected chi connectivity index (χ1v) is 6.59. The number of fused-ring (bicyclic) bond motifs is 1. The van der Waals surface area contributed by atoms with Gasteiger partial charge in [0.2, 0.25) is 0 Å². The lowest BCUT2D eigenvalue weighted by molar-refractivity contribution is -0.116. The summed E-state index contributed by atoms with van der Waals surface area (Å²) in [5, 5.41) is 13.3. The molecule has 0 saturated carbocycles. The first-order chi connectivity index (χ1) is 8.84. The average molecular weight is 263 g/mol. The van der Waals surface area contributed by atoms with E-state index in [0.29, 0.717) is 5.70 Å². The Kier molecular flexibility index (Phi) is 3.12. The molecule has 19 heavy (non-hydrogen) atoms. The highest BCUT2D eigenvalue weighted by molar-refractivity contribution is 6.07. The van der Waals surface area contributed by atoms with Crippen LogP contribution in [0.2, 0.25) is 0 Å². The van der Waals surface area contributed by atoms with Crippen molar-refractivity contribution in [3.05, 3.63) is 11.8 Å². The third kappa shape index (κ3) is 2.11. The van der Waals surface area contributed by atoms with E-state index in [1.807, 2.05) is 6.92 Å². The third-order valence-electron chi connectivity index (χ3n) is 4.18. The number of nitrogens with one attached hydrogen (secondary N) is 3. The largest absolute Gasteiger partial charge is 0.331 e. The fourth-order valence-electron chi connectivity index (χ4n) is 2.59. The molecule has 0 aliphatic carbocycles. The number of rotatable bonds is 3. The predicted octanol–water partition coefficient (Wildman–Crippen LogP) is 1.16. The van der Waals surface area contributed by atoms with Crippen molar-refractivity contribution in [1.29, 1.82) is 5.41 Å². The second-order valence-electron chi connectivity index (χ2n) is 5.45. The molecule has 0 saturated heterocycles. The van der Waals surface area contributed by atoms with Crippen molar-refractivity contribution in [3.63, 3.8) is 0 Å². The summed E-state index contributed by atoms with van der Waals surface area (Å²) in [7, 11) is 0. The number of aliphatic imine (C=N–C) groups is 1. The van der Waals surface area contributed by atoms with Crippen LogP contribution in [0, 0.1) is 5.41 Å². The summed E-state index contributed by atoms with van der Waals surface area (Å²) in [6.45, 7) is 8.38. The highest BCUT2D eigenvalue weighted by atomic mass is 16.2. The lowest BCUT2D eigenvalue weighted by Crippen LogP contribution is -2.65. The number of amides is 1. The van der Waals surface area contributed by atoms with E-state index < -0.39 is 5.66 Å². The quantitative estimate of drug-likeness (QED) is 0.715. The van der Waals surface area contributed by atoms with E-state index in [0.717, 1.165) is 12.8 Å². The molecule has 1 atom stereocenters. The Balaban J connectivity index is 2.46. The molecule has 2 bridgehead atoms. The van der Waals surface area contributed by atoms with Crippen molar-refractivity contribution in [1.82, 2.24) is 15.5 Å². The fraction of sp³-hybridized carbons (Fsp3) is 0.615. The molecular weight excluding hydrogens is 242 g/mol. The third-order valence-corrected chi connectivity index (χ3v) is 4.18. The van der Waals surface area contributed by atoms with Gasteiger partial charge in [0, 0.05) is 5.54 Å². The first kappa shape index (κ1) is 13.6. The topological polar surface area (TPSA) is 80.6 Å². The number of nitrogens with zero attached hydrogens (tertiary/aromatic N) is 2. The van der Waals surface area contributed by atoms with Crippen LogP contribution in [0.1, 0.15) is 40.5 Å². The van der Waals surface area contributed by atoms with Crippen LogP contribution in [0.25, 0.3) is 0 Å². The summed E-state index contributed by atoms with van der Waals surface area (Å²) in [6, 6.07) is 0. The molecule has 104 valence electrons. The van der Waals surface area contributed by atoms with Gasteiger partial charge in [0.25, 0.3) is 5.91 Å². The van der Waals surface area contributed by atoms with Crippen molar-refractivity contribution in [2.45, 2.75) is 51.7 Å². The Hall–Kier alpha value is -1.85. The number of hydrogen-bond donors (Lipinski definition) is 3. The minimum Gasteiger partial charge on any atom is -0.331 e.